The third-order valence-electron chi connectivity index (χ3n) is 3.38. The molecule has 0 spiro atoms. The van der Waals surface area contributed by atoms with Crippen LogP contribution in [0, 0.1) is 0 Å². The van der Waals surface area contributed by atoms with E-state index in [4.69, 9.17) is 16.3 Å². The molecule has 1 heterocycles. The smallest absolute Gasteiger partial charge is 0.123 e. The molecule has 20 heavy (non-hydrogen) atoms. The predicted octanol–water partition coefficient (Wildman–Crippen LogP) is 3.49. The molecule has 1 N–H and O–H groups in total. The molecule has 5 heteroatoms. The highest BCUT2D eigenvalue weighted by atomic mass is 35.5. The van der Waals surface area contributed by atoms with Crippen molar-refractivity contribution < 1.29 is 4.74 Å². The van der Waals surface area contributed by atoms with Crippen molar-refractivity contribution in [3.63, 3.8) is 0 Å². The van der Waals surface area contributed by atoms with E-state index in [9.17, 15) is 0 Å². The number of hydrogen-bond acceptors (Lipinski definition) is 3. The summed E-state index contributed by atoms with van der Waals surface area (Å²) in [5.74, 6) is 0.841. The van der Waals surface area contributed by atoms with Gasteiger partial charge in [0.15, 0.2) is 0 Å². The van der Waals surface area contributed by atoms with Crippen LogP contribution in [0.15, 0.2) is 30.6 Å². The fraction of sp³-hybridized carbons (Fsp3) is 0.400. The number of hydrogen-bond donors (Lipinski definition) is 1. The highest BCUT2D eigenvalue weighted by molar-refractivity contribution is 6.30. The first kappa shape index (κ1) is 14.9. The fourth-order valence-corrected chi connectivity index (χ4v) is 2.45. The number of rotatable bonds is 5. The SMILES string of the molecule is COc1ccc(Cl)cc1C(C)NC(C)c1cnn(C)c1. The number of ether oxygens (including phenoxy) is 1. The maximum absolute atomic E-state index is 6.08. The average molecular weight is 294 g/mol. The van der Waals surface area contributed by atoms with Crippen molar-refractivity contribution in [2.45, 2.75) is 25.9 Å². The monoisotopic (exact) mass is 293 g/mol. The Morgan fingerprint density at radius 2 is 2.05 bits per heavy atom. The molecule has 0 fully saturated rings. The molecule has 0 aliphatic rings. The minimum absolute atomic E-state index is 0.124. The second-order valence-electron chi connectivity index (χ2n) is 4.94. The number of nitrogens with zero attached hydrogens (tertiary/aromatic N) is 2. The highest BCUT2D eigenvalue weighted by Gasteiger charge is 2.16. The van der Waals surface area contributed by atoms with E-state index >= 15 is 0 Å². The standard InChI is InChI=1S/C15H20ClN3O/c1-10(12-8-17-19(3)9-12)18-11(2)14-7-13(16)5-6-15(14)20-4/h5-11,18H,1-4H3. The van der Waals surface area contributed by atoms with Crippen LogP contribution in [0.5, 0.6) is 5.75 Å². The molecular formula is C15H20ClN3O. The molecule has 1 aromatic heterocycles. The van der Waals surface area contributed by atoms with Gasteiger partial charge < -0.3 is 10.1 Å². The summed E-state index contributed by atoms with van der Waals surface area (Å²) in [5.41, 5.74) is 2.20. The number of benzene rings is 1. The van der Waals surface area contributed by atoms with Crippen molar-refractivity contribution in [3.8, 4) is 5.75 Å². The summed E-state index contributed by atoms with van der Waals surface area (Å²) in [6.45, 7) is 4.21. The minimum Gasteiger partial charge on any atom is -0.496 e. The normalized spacial score (nSPS) is 14.1. The number of nitrogens with one attached hydrogen (secondary N) is 1. The molecule has 2 atom stereocenters. The van der Waals surface area contributed by atoms with Crippen molar-refractivity contribution in [2.24, 2.45) is 7.05 Å². The van der Waals surface area contributed by atoms with E-state index in [1.54, 1.807) is 11.8 Å². The van der Waals surface area contributed by atoms with Crippen molar-refractivity contribution >= 4 is 11.6 Å². The number of methoxy groups -OCH3 is 1. The van der Waals surface area contributed by atoms with E-state index in [0.29, 0.717) is 5.02 Å². The van der Waals surface area contributed by atoms with Crippen LogP contribution in [0.2, 0.25) is 5.02 Å². The molecule has 0 aliphatic heterocycles. The van der Waals surface area contributed by atoms with Gasteiger partial charge in [-0.25, -0.2) is 0 Å². The van der Waals surface area contributed by atoms with Crippen molar-refractivity contribution in [1.29, 1.82) is 0 Å². The molecule has 0 aliphatic carbocycles. The van der Waals surface area contributed by atoms with Crippen LogP contribution in [0.3, 0.4) is 0 Å². The molecule has 0 saturated heterocycles. The molecule has 2 unspecified atom stereocenters. The van der Waals surface area contributed by atoms with E-state index in [1.807, 2.05) is 37.6 Å². The summed E-state index contributed by atoms with van der Waals surface area (Å²) in [6, 6.07) is 5.99. The van der Waals surface area contributed by atoms with Gasteiger partial charge in [-0.3, -0.25) is 4.68 Å². The Hall–Kier alpha value is -1.52. The van der Waals surface area contributed by atoms with Crippen molar-refractivity contribution in [1.82, 2.24) is 15.1 Å². The van der Waals surface area contributed by atoms with Crippen molar-refractivity contribution in [2.75, 3.05) is 7.11 Å². The lowest BCUT2D eigenvalue weighted by molar-refractivity contribution is 0.396. The summed E-state index contributed by atoms with van der Waals surface area (Å²) in [4.78, 5) is 0. The van der Waals surface area contributed by atoms with Crippen LogP contribution in [0.4, 0.5) is 0 Å². The molecule has 4 nitrogen and oxygen atoms in total. The topological polar surface area (TPSA) is 39.1 Å². The second kappa shape index (κ2) is 6.29. The zero-order chi connectivity index (χ0) is 14.7. The Labute approximate surface area is 124 Å². The van der Waals surface area contributed by atoms with Gasteiger partial charge in [-0.1, -0.05) is 11.6 Å². The average Bonchev–Trinajstić information content (AvgIpc) is 2.85. The lowest BCUT2D eigenvalue weighted by Gasteiger charge is -2.21. The molecular weight excluding hydrogens is 274 g/mol. The molecule has 0 bridgehead atoms. The molecule has 2 rings (SSSR count). The maximum atomic E-state index is 6.08. The lowest BCUT2D eigenvalue weighted by Crippen LogP contribution is -2.22. The van der Waals surface area contributed by atoms with E-state index in [1.165, 1.54) is 0 Å². The zero-order valence-corrected chi connectivity index (χ0v) is 13.0. The van der Waals surface area contributed by atoms with Crippen LogP contribution in [0.1, 0.15) is 37.1 Å². The van der Waals surface area contributed by atoms with Gasteiger partial charge in [0.2, 0.25) is 0 Å². The molecule has 2 aromatic rings. The quantitative estimate of drug-likeness (QED) is 0.917. The van der Waals surface area contributed by atoms with Gasteiger partial charge in [0.05, 0.1) is 13.3 Å². The Morgan fingerprint density at radius 1 is 1.30 bits per heavy atom. The van der Waals surface area contributed by atoms with E-state index in [0.717, 1.165) is 16.9 Å². The molecule has 0 saturated carbocycles. The lowest BCUT2D eigenvalue weighted by atomic mass is 10.0. The summed E-state index contributed by atoms with van der Waals surface area (Å²) >= 11 is 6.08. The largest absolute Gasteiger partial charge is 0.496 e. The molecule has 0 radical (unpaired) electrons. The third-order valence-corrected chi connectivity index (χ3v) is 3.62. The Balaban J connectivity index is 2.15. The van der Waals surface area contributed by atoms with E-state index in [2.05, 4.69) is 24.3 Å². The first-order valence-electron chi connectivity index (χ1n) is 6.59. The van der Waals surface area contributed by atoms with Crippen molar-refractivity contribution in [3.05, 3.63) is 46.7 Å². The van der Waals surface area contributed by atoms with Crippen LogP contribution < -0.4 is 10.1 Å². The number of aryl methyl sites for hydroxylation is 1. The highest BCUT2D eigenvalue weighted by Crippen LogP contribution is 2.29. The fourth-order valence-electron chi connectivity index (χ4n) is 2.27. The Morgan fingerprint density at radius 3 is 2.65 bits per heavy atom. The van der Waals surface area contributed by atoms with Gasteiger partial charge in [0.1, 0.15) is 5.75 Å². The zero-order valence-electron chi connectivity index (χ0n) is 12.2. The molecule has 108 valence electrons. The summed E-state index contributed by atoms with van der Waals surface area (Å²) in [7, 11) is 3.59. The van der Waals surface area contributed by atoms with E-state index in [-0.39, 0.29) is 12.1 Å². The van der Waals surface area contributed by atoms with Gasteiger partial charge in [-0.15, -0.1) is 0 Å². The number of aromatic nitrogens is 2. The van der Waals surface area contributed by atoms with Gasteiger partial charge in [-0.2, -0.15) is 5.10 Å². The molecule has 0 amide bonds. The van der Waals surface area contributed by atoms with Gasteiger partial charge in [0.25, 0.3) is 0 Å². The van der Waals surface area contributed by atoms with Crippen LogP contribution in [-0.2, 0) is 7.05 Å². The summed E-state index contributed by atoms with van der Waals surface area (Å²) in [5, 5.41) is 8.44. The first-order valence-corrected chi connectivity index (χ1v) is 6.97. The first-order chi connectivity index (χ1) is 9.51. The van der Waals surface area contributed by atoms with Crippen LogP contribution >= 0.6 is 11.6 Å². The Kier molecular flexibility index (Phi) is 4.68. The summed E-state index contributed by atoms with van der Waals surface area (Å²) in [6.07, 6.45) is 3.89. The van der Waals surface area contributed by atoms with Gasteiger partial charge in [0, 0.05) is 41.5 Å². The second-order valence-corrected chi connectivity index (χ2v) is 5.38. The Bertz CT molecular complexity index is 582. The van der Waals surface area contributed by atoms with Gasteiger partial charge >= 0.3 is 0 Å². The van der Waals surface area contributed by atoms with Crippen LogP contribution in [0.25, 0.3) is 0 Å². The molecule has 1 aromatic carbocycles. The maximum Gasteiger partial charge on any atom is 0.123 e. The number of halogens is 1. The van der Waals surface area contributed by atoms with E-state index < -0.39 is 0 Å². The van der Waals surface area contributed by atoms with Crippen LogP contribution in [-0.4, -0.2) is 16.9 Å². The predicted molar refractivity (Wildman–Crippen MR) is 81.2 cm³/mol. The minimum atomic E-state index is 0.124. The van der Waals surface area contributed by atoms with Gasteiger partial charge in [-0.05, 0) is 32.0 Å². The summed E-state index contributed by atoms with van der Waals surface area (Å²) < 4.78 is 7.20. The third kappa shape index (κ3) is 3.32.